The summed E-state index contributed by atoms with van der Waals surface area (Å²) in [6, 6.07) is 11.3. The first-order chi connectivity index (χ1) is 12.7. The summed E-state index contributed by atoms with van der Waals surface area (Å²) >= 11 is 5.63. The summed E-state index contributed by atoms with van der Waals surface area (Å²) in [5, 5.41) is 7.83. The average Bonchev–Trinajstić information content (AvgIpc) is 2.63. The van der Waals surface area contributed by atoms with E-state index in [-0.39, 0.29) is 0 Å². The number of thiocarbonyl (C=S) groups is 1. The van der Waals surface area contributed by atoms with Crippen molar-refractivity contribution in [2.75, 3.05) is 5.32 Å². The normalized spacial score (nSPS) is 30.0. The van der Waals surface area contributed by atoms with Gasteiger partial charge < -0.3 is 10.6 Å². The third-order valence-corrected chi connectivity index (χ3v) is 6.98. The number of nitrogens with one attached hydrogen (secondary N) is 2. The van der Waals surface area contributed by atoms with Gasteiger partial charge in [-0.3, -0.25) is 4.90 Å². The maximum Gasteiger partial charge on any atom is 0.171 e. The molecule has 142 valence electrons. The van der Waals surface area contributed by atoms with Crippen LogP contribution in [0.3, 0.4) is 0 Å². The van der Waals surface area contributed by atoms with Gasteiger partial charge in [-0.1, -0.05) is 43.9 Å². The Morgan fingerprint density at radius 3 is 2.27 bits per heavy atom. The number of rotatable bonds is 3. The van der Waals surface area contributed by atoms with E-state index in [4.69, 9.17) is 12.2 Å². The topological polar surface area (TPSA) is 27.3 Å². The summed E-state index contributed by atoms with van der Waals surface area (Å²) in [7, 11) is 0. The molecule has 0 radical (unpaired) electrons. The van der Waals surface area contributed by atoms with Gasteiger partial charge in [0.1, 0.15) is 0 Å². The molecule has 0 spiro atoms. The van der Waals surface area contributed by atoms with Gasteiger partial charge in [0.2, 0.25) is 0 Å². The third-order valence-electron chi connectivity index (χ3n) is 6.76. The smallest absolute Gasteiger partial charge is 0.171 e. The minimum Gasteiger partial charge on any atom is -0.360 e. The summed E-state index contributed by atoms with van der Waals surface area (Å²) in [6.07, 6.45) is 13.9. The third kappa shape index (κ3) is 4.07. The summed E-state index contributed by atoms with van der Waals surface area (Å²) < 4.78 is 0. The standard InChI is InChI=1S/C22H33N3S/c1-16-8-5-6-13-21(16)24-22(26)23-17-14-19-11-7-12-20(15-17)25(19)18-9-3-2-4-10-18/h5-6,8,13,17-20H,2-4,7,9-12,14-15H2,1H3,(H2,23,24,26)/t17?,19-,20+. The maximum absolute atomic E-state index is 5.63. The molecule has 3 fully saturated rings. The van der Waals surface area contributed by atoms with E-state index >= 15 is 0 Å². The Morgan fingerprint density at radius 1 is 0.923 bits per heavy atom. The van der Waals surface area contributed by atoms with E-state index in [1.165, 1.54) is 69.8 Å². The zero-order chi connectivity index (χ0) is 17.9. The Bertz CT molecular complexity index is 612. The maximum atomic E-state index is 5.63. The van der Waals surface area contributed by atoms with Crippen LogP contribution in [-0.2, 0) is 0 Å². The van der Waals surface area contributed by atoms with Crippen LogP contribution in [0.4, 0.5) is 5.69 Å². The number of piperidine rings is 2. The zero-order valence-electron chi connectivity index (χ0n) is 16.0. The molecule has 2 bridgehead atoms. The Labute approximate surface area is 163 Å². The second-order valence-corrected chi connectivity index (χ2v) is 8.97. The van der Waals surface area contributed by atoms with E-state index in [2.05, 4.69) is 46.7 Å². The van der Waals surface area contributed by atoms with E-state index in [9.17, 15) is 0 Å². The molecule has 2 N–H and O–H groups in total. The van der Waals surface area contributed by atoms with Crippen molar-refractivity contribution in [1.82, 2.24) is 10.2 Å². The van der Waals surface area contributed by atoms with Crippen LogP contribution < -0.4 is 10.6 Å². The summed E-state index contributed by atoms with van der Waals surface area (Å²) in [5.74, 6) is 0. The molecule has 1 unspecified atom stereocenters. The molecule has 4 rings (SSSR count). The number of anilines is 1. The highest BCUT2D eigenvalue weighted by Gasteiger charge is 2.41. The Kier molecular flexibility index (Phi) is 5.80. The van der Waals surface area contributed by atoms with Crippen LogP contribution in [0.25, 0.3) is 0 Å². The van der Waals surface area contributed by atoms with Gasteiger partial charge in [0.05, 0.1) is 0 Å². The number of para-hydroxylation sites is 1. The van der Waals surface area contributed by atoms with Gasteiger partial charge >= 0.3 is 0 Å². The minimum atomic E-state index is 0.522. The van der Waals surface area contributed by atoms with Crippen molar-refractivity contribution in [3.8, 4) is 0 Å². The first-order valence-electron chi connectivity index (χ1n) is 10.6. The fourth-order valence-corrected chi connectivity index (χ4v) is 5.84. The summed E-state index contributed by atoms with van der Waals surface area (Å²) in [5.41, 5.74) is 2.35. The van der Waals surface area contributed by atoms with Crippen molar-refractivity contribution < 1.29 is 0 Å². The Morgan fingerprint density at radius 2 is 1.58 bits per heavy atom. The first kappa shape index (κ1) is 18.2. The van der Waals surface area contributed by atoms with Crippen LogP contribution in [0.15, 0.2) is 24.3 Å². The van der Waals surface area contributed by atoms with E-state index in [0.29, 0.717) is 6.04 Å². The van der Waals surface area contributed by atoms with Crippen molar-refractivity contribution >= 4 is 23.0 Å². The molecule has 1 aliphatic carbocycles. The molecule has 2 aliphatic heterocycles. The molecule has 1 saturated carbocycles. The van der Waals surface area contributed by atoms with Crippen LogP contribution >= 0.6 is 12.2 Å². The number of hydrogen-bond acceptors (Lipinski definition) is 2. The second-order valence-electron chi connectivity index (χ2n) is 8.56. The van der Waals surface area contributed by atoms with E-state index < -0.39 is 0 Å². The number of fused-ring (bicyclic) bond motifs is 2. The van der Waals surface area contributed by atoms with Crippen molar-refractivity contribution in [2.45, 2.75) is 95.3 Å². The molecule has 4 heteroatoms. The van der Waals surface area contributed by atoms with Gasteiger partial charge in [0.15, 0.2) is 5.11 Å². The van der Waals surface area contributed by atoms with Crippen molar-refractivity contribution in [1.29, 1.82) is 0 Å². The molecule has 3 nitrogen and oxygen atoms in total. The number of benzene rings is 1. The van der Waals surface area contributed by atoms with E-state index in [1.54, 1.807) is 0 Å². The fraction of sp³-hybridized carbons (Fsp3) is 0.682. The predicted molar refractivity (Wildman–Crippen MR) is 114 cm³/mol. The minimum absolute atomic E-state index is 0.522. The predicted octanol–water partition coefficient (Wildman–Crippen LogP) is 5.00. The number of aryl methyl sites for hydroxylation is 1. The molecule has 2 heterocycles. The van der Waals surface area contributed by atoms with Crippen LogP contribution in [0.5, 0.6) is 0 Å². The van der Waals surface area contributed by atoms with Gasteiger partial charge in [-0.15, -0.1) is 0 Å². The quantitative estimate of drug-likeness (QED) is 0.731. The Balaban J connectivity index is 1.36. The lowest BCUT2D eigenvalue weighted by atomic mass is 9.78. The monoisotopic (exact) mass is 371 g/mol. The fourth-order valence-electron chi connectivity index (χ4n) is 5.57. The molecule has 1 aromatic rings. The molecule has 3 aliphatic rings. The molecular formula is C22H33N3S. The molecule has 3 atom stereocenters. The lowest BCUT2D eigenvalue weighted by Gasteiger charge is -2.53. The van der Waals surface area contributed by atoms with Crippen LogP contribution in [0.2, 0.25) is 0 Å². The highest BCUT2D eigenvalue weighted by Crippen LogP contribution is 2.39. The number of nitrogens with zero attached hydrogens (tertiary/aromatic N) is 1. The Hall–Kier alpha value is -1.13. The van der Waals surface area contributed by atoms with Gasteiger partial charge in [-0.25, -0.2) is 0 Å². The van der Waals surface area contributed by atoms with Crippen LogP contribution in [0.1, 0.15) is 69.8 Å². The molecule has 26 heavy (non-hydrogen) atoms. The molecule has 0 aromatic heterocycles. The largest absolute Gasteiger partial charge is 0.360 e. The number of hydrogen-bond donors (Lipinski definition) is 2. The average molecular weight is 372 g/mol. The van der Waals surface area contributed by atoms with Gasteiger partial charge in [0.25, 0.3) is 0 Å². The summed E-state index contributed by atoms with van der Waals surface area (Å²) in [6.45, 7) is 2.12. The van der Waals surface area contributed by atoms with Gasteiger partial charge in [-0.2, -0.15) is 0 Å². The zero-order valence-corrected chi connectivity index (χ0v) is 16.9. The van der Waals surface area contributed by atoms with Gasteiger partial charge in [0, 0.05) is 29.9 Å². The SMILES string of the molecule is Cc1ccccc1NC(=S)NC1C[C@H]2CCC[C@@H](C1)N2C1CCCCC1. The molecular weight excluding hydrogens is 338 g/mol. The highest BCUT2D eigenvalue weighted by atomic mass is 32.1. The van der Waals surface area contributed by atoms with E-state index in [1.807, 2.05) is 0 Å². The second kappa shape index (κ2) is 8.26. The lowest BCUT2D eigenvalue weighted by Crippen LogP contribution is -2.60. The van der Waals surface area contributed by atoms with Gasteiger partial charge in [-0.05, 0) is 69.3 Å². The van der Waals surface area contributed by atoms with E-state index in [0.717, 1.165) is 28.9 Å². The molecule has 0 amide bonds. The lowest BCUT2D eigenvalue weighted by molar-refractivity contribution is -0.0195. The van der Waals surface area contributed by atoms with Crippen LogP contribution in [-0.4, -0.2) is 34.2 Å². The van der Waals surface area contributed by atoms with Crippen molar-refractivity contribution in [3.05, 3.63) is 29.8 Å². The summed E-state index contributed by atoms with van der Waals surface area (Å²) in [4.78, 5) is 2.94. The molecule has 2 saturated heterocycles. The van der Waals surface area contributed by atoms with Crippen LogP contribution in [0, 0.1) is 6.92 Å². The van der Waals surface area contributed by atoms with Crippen molar-refractivity contribution in [2.24, 2.45) is 0 Å². The molecule has 1 aromatic carbocycles. The first-order valence-corrected chi connectivity index (χ1v) is 11.0. The van der Waals surface area contributed by atoms with Crippen molar-refractivity contribution in [3.63, 3.8) is 0 Å². The highest BCUT2D eigenvalue weighted by molar-refractivity contribution is 7.80.